The molecule has 0 saturated carbocycles. The minimum Gasteiger partial charge on any atom is -0.398 e. The summed E-state index contributed by atoms with van der Waals surface area (Å²) < 4.78 is 39.7. The lowest BCUT2D eigenvalue weighted by atomic mass is 10.3. The zero-order valence-electron chi connectivity index (χ0n) is 10.8. The van der Waals surface area contributed by atoms with Gasteiger partial charge in [0.05, 0.1) is 11.8 Å². The summed E-state index contributed by atoms with van der Waals surface area (Å²) in [6, 6.07) is 5.21. The van der Waals surface area contributed by atoms with Crippen molar-refractivity contribution in [3.63, 3.8) is 0 Å². The molecule has 1 rings (SSSR count). The maximum absolute atomic E-state index is 13.7. The van der Waals surface area contributed by atoms with E-state index in [0.29, 0.717) is 0 Å². The van der Waals surface area contributed by atoms with Gasteiger partial charge in [0.25, 0.3) is 0 Å². The number of nitrogen functional groups attached to an aromatic ring is 1. The lowest BCUT2D eigenvalue weighted by Gasteiger charge is -2.25. The molecule has 0 aliphatic rings. The van der Waals surface area contributed by atoms with Crippen molar-refractivity contribution in [3.05, 3.63) is 24.0 Å². The lowest BCUT2D eigenvalue weighted by molar-refractivity contribution is 0.358. The van der Waals surface area contributed by atoms with E-state index < -0.39 is 26.8 Å². The van der Waals surface area contributed by atoms with E-state index in [1.165, 1.54) is 12.1 Å². The third-order valence-electron chi connectivity index (χ3n) is 2.58. The van der Waals surface area contributed by atoms with Crippen molar-refractivity contribution in [1.29, 1.82) is 5.26 Å². The average Bonchev–Trinajstić information content (AvgIpc) is 2.27. The van der Waals surface area contributed by atoms with Gasteiger partial charge >= 0.3 is 0 Å². The van der Waals surface area contributed by atoms with Crippen LogP contribution in [-0.4, -0.2) is 25.3 Å². The van der Waals surface area contributed by atoms with Crippen molar-refractivity contribution in [2.24, 2.45) is 0 Å². The van der Waals surface area contributed by atoms with Crippen molar-refractivity contribution < 1.29 is 12.8 Å². The molecule has 0 aliphatic heterocycles. The molecule has 0 heterocycles. The number of hydrogen-bond acceptors (Lipinski definition) is 4. The summed E-state index contributed by atoms with van der Waals surface area (Å²) in [6.45, 7) is 3.32. The van der Waals surface area contributed by atoms with Crippen LogP contribution in [0.25, 0.3) is 0 Å². The molecule has 2 N–H and O–H groups in total. The van der Waals surface area contributed by atoms with Crippen molar-refractivity contribution in [1.82, 2.24) is 4.31 Å². The third kappa shape index (κ3) is 3.22. The van der Waals surface area contributed by atoms with Crippen molar-refractivity contribution in [3.8, 4) is 6.07 Å². The van der Waals surface area contributed by atoms with E-state index in [4.69, 9.17) is 11.0 Å². The Morgan fingerprint density at radius 1 is 1.47 bits per heavy atom. The summed E-state index contributed by atoms with van der Waals surface area (Å²) in [5.41, 5.74) is 5.43. The zero-order chi connectivity index (χ0) is 14.6. The zero-order valence-corrected chi connectivity index (χ0v) is 11.6. The smallest absolute Gasteiger partial charge is 0.248 e. The van der Waals surface area contributed by atoms with Gasteiger partial charge < -0.3 is 5.73 Å². The third-order valence-corrected chi connectivity index (χ3v) is 4.75. The summed E-state index contributed by atoms with van der Waals surface area (Å²) in [4.78, 5) is -0.526. The second kappa shape index (κ2) is 5.99. The Morgan fingerprint density at radius 3 is 2.58 bits per heavy atom. The van der Waals surface area contributed by atoms with Gasteiger partial charge in [-0.25, -0.2) is 12.8 Å². The molecule has 0 spiro atoms. The van der Waals surface area contributed by atoms with E-state index in [2.05, 4.69) is 0 Å². The maximum Gasteiger partial charge on any atom is 0.248 e. The first-order valence-corrected chi connectivity index (χ1v) is 7.19. The van der Waals surface area contributed by atoms with E-state index in [1.54, 1.807) is 13.8 Å². The van der Waals surface area contributed by atoms with Crippen LogP contribution in [0.5, 0.6) is 0 Å². The molecule has 0 unspecified atom stereocenters. The molecule has 0 bridgehead atoms. The molecular formula is C12H16FN3O2S. The van der Waals surface area contributed by atoms with Gasteiger partial charge in [0, 0.05) is 19.0 Å². The van der Waals surface area contributed by atoms with Gasteiger partial charge in [-0.3, -0.25) is 0 Å². The molecule has 1 aromatic rings. The molecule has 0 aromatic heterocycles. The van der Waals surface area contributed by atoms with Crippen molar-refractivity contribution in [2.75, 3.05) is 12.3 Å². The molecule has 0 amide bonds. The number of halogens is 1. The monoisotopic (exact) mass is 285 g/mol. The van der Waals surface area contributed by atoms with E-state index in [0.717, 1.165) is 10.4 Å². The summed E-state index contributed by atoms with van der Waals surface area (Å²) in [5.74, 6) is -0.886. The Hall–Kier alpha value is -1.65. The second-order valence-electron chi connectivity index (χ2n) is 4.28. The Balaban J connectivity index is 3.32. The number of nitrogens with two attached hydrogens (primary N) is 1. The van der Waals surface area contributed by atoms with Gasteiger partial charge in [0.1, 0.15) is 10.7 Å². The maximum atomic E-state index is 13.7. The highest BCUT2D eigenvalue weighted by Crippen LogP contribution is 2.26. The number of nitriles is 1. The topological polar surface area (TPSA) is 87.2 Å². The van der Waals surface area contributed by atoms with Gasteiger partial charge in [-0.2, -0.15) is 9.57 Å². The molecule has 1 aromatic carbocycles. The van der Waals surface area contributed by atoms with Gasteiger partial charge in [0.2, 0.25) is 10.0 Å². The van der Waals surface area contributed by atoms with Crippen LogP contribution in [0.4, 0.5) is 10.1 Å². The molecular weight excluding hydrogens is 269 g/mol. The normalized spacial score (nSPS) is 11.8. The summed E-state index contributed by atoms with van der Waals surface area (Å²) in [6.07, 6.45) is 0.0335. The molecule has 0 radical (unpaired) electrons. The predicted molar refractivity (Wildman–Crippen MR) is 70.1 cm³/mol. The Kier molecular flexibility index (Phi) is 4.86. The van der Waals surface area contributed by atoms with Crippen molar-refractivity contribution >= 4 is 15.7 Å². The molecule has 19 heavy (non-hydrogen) atoms. The van der Waals surface area contributed by atoms with Crippen LogP contribution in [0.15, 0.2) is 23.1 Å². The number of anilines is 1. The second-order valence-corrected chi connectivity index (χ2v) is 6.10. The van der Waals surface area contributed by atoms with Gasteiger partial charge in [-0.15, -0.1) is 0 Å². The highest BCUT2D eigenvalue weighted by atomic mass is 32.2. The van der Waals surface area contributed by atoms with Crippen LogP contribution in [0.3, 0.4) is 0 Å². The molecule has 0 atom stereocenters. The van der Waals surface area contributed by atoms with Crippen LogP contribution in [0.1, 0.15) is 20.3 Å². The highest BCUT2D eigenvalue weighted by Gasteiger charge is 2.31. The van der Waals surface area contributed by atoms with Crippen molar-refractivity contribution in [2.45, 2.75) is 31.2 Å². The first-order chi connectivity index (χ1) is 8.82. The summed E-state index contributed by atoms with van der Waals surface area (Å²) >= 11 is 0. The average molecular weight is 285 g/mol. The molecule has 7 heteroatoms. The number of hydrogen-bond donors (Lipinski definition) is 1. The van der Waals surface area contributed by atoms with Gasteiger partial charge in [0.15, 0.2) is 0 Å². The van der Waals surface area contributed by atoms with Crippen LogP contribution < -0.4 is 5.73 Å². The number of rotatable bonds is 5. The molecule has 5 nitrogen and oxygen atoms in total. The van der Waals surface area contributed by atoms with E-state index in [-0.39, 0.29) is 18.7 Å². The number of nitrogens with zero attached hydrogens (tertiary/aromatic N) is 2. The van der Waals surface area contributed by atoms with Crippen LogP contribution in [0, 0.1) is 17.1 Å². The largest absolute Gasteiger partial charge is 0.398 e. The lowest BCUT2D eigenvalue weighted by Crippen LogP contribution is -2.38. The van der Waals surface area contributed by atoms with Crippen LogP contribution in [-0.2, 0) is 10.0 Å². The minimum absolute atomic E-state index is 0.00424. The summed E-state index contributed by atoms with van der Waals surface area (Å²) in [5, 5.41) is 8.57. The SMILES string of the molecule is CC(C)N(CCC#N)S(=O)(=O)c1c(N)cccc1F. The highest BCUT2D eigenvalue weighted by molar-refractivity contribution is 7.89. The quantitative estimate of drug-likeness (QED) is 0.834. The first-order valence-electron chi connectivity index (χ1n) is 5.75. The standard InChI is InChI=1S/C12H16FN3O2S/c1-9(2)16(8-4-7-14)19(17,18)12-10(13)5-3-6-11(12)15/h3,5-6,9H,4,8,15H2,1-2H3. The van der Waals surface area contributed by atoms with Crippen LogP contribution >= 0.6 is 0 Å². The Morgan fingerprint density at radius 2 is 2.11 bits per heavy atom. The Labute approximate surface area is 112 Å². The molecule has 0 aliphatic carbocycles. The Bertz CT molecular complexity index is 573. The fourth-order valence-electron chi connectivity index (χ4n) is 1.73. The fourth-order valence-corrected chi connectivity index (χ4v) is 3.53. The number of benzene rings is 1. The fraction of sp³-hybridized carbons (Fsp3) is 0.417. The molecule has 0 fully saturated rings. The van der Waals surface area contributed by atoms with Gasteiger partial charge in [-0.1, -0.05) is 6.07 Å². The molecule has 0 saturated heterocycles. The van der Waals surface area contributed by atoms with E-state index >= 15 is 0 Å². The van der Waals surface area contributed by atoms with Crippen LogP contribution in [0.2, 0.25) is 0 Å². The van der Waals surface area contributed by atoms with E-state index in [1.807, 2.05) is 6.07 Å². The predicted octanol–water partition coefficient (Wildman–Crippen LogP) is 1.72. The number of sulfonamides is 1. The summed E-state index contributed by atoms with van der Waals surface area (Å²) in [7, 11) is -4.05. The van der Waals surface area contributed by atoms with E-state index in [9.17, 15) is 12.8 Å². The minimum atomic E-state index is -4.05. The molecule has 104 valence electrons. The first kappa shape index (κ1) is 15.4. The van der Waals surface area contributed by atoms with Gasteiger partial charge in [-0.05, 0) is 26.0 Å².